The summed E-state index contributed by atoms with van der Waals surface area (Å²) < 4.78 is 30.0. The van der Waals surface area contributed by atoms with Gasteiger partial charge in [-0.25, -0.2) is 13.1 Å². The number of amides is 1. The van der Waals surface area contributed by atoms with Crippen LogP contribution < -0.4 is 5.32 Å². The van der Waals surface area contributed by atoms with Crippen molar-refractivity contribution in [2.45, 2.75) is 65.3 Å². The molecule has 1 amide bonds. The smallest absolute Gasteiger partial charge is 0.243 e. The molecule has 1 fully saturated rings. The number of benzene rings is 1. The number of nitrogens with zero attached hydrogens (tertiary/aromatic N) is 4. The lowest BCUT2D eigenvalue weighted by Crippen LogP contribution is -2.42. The number of aryl methyl sites for hydroxylation is 4. The zero-order valence-corrected chi connectivity index (χ0v) is 20.2. The second kappa shape index (κ2) is 9.43. The predicted octanol–water partition coefficient (Wildman–Crippen LogP) is 3.38. The molecule has 0 unspecified atom stereocenters. The van der Waals surface area contributed by atoms with Gasteiger partial charge >= 0.3 is 0 Å². The van der Waals surface area contributed by atoms with Crippen LogP contribution in [0.2, 0.25) is 0 Å². The van der Waals surface area contributed by atoms with Crippen LogP contribution in [0.3, 0.4) is 0 Å². The largest absolute Gasteiger partial charge is 0.311 e. The molecule has 0 bridgehead atoms. The summed E-state index contributed by atoms with van der Waals surface area (Å²) >= 11 is 0. The molecule has 0 atom stereocenters. The molecular weight excluding hydrogens is 426 g/mol. The first kappa shape index (κ1) is 24.0. The van der Waals surface area contributed by atoms with Gasteiger partial charge in [0.05, 0.1) is 29.6 Å². The van der Waals surface area contributed by atoms with Crippen molar-refractivity contribution in [2.75, 3.05) is 18.4 Å². The molecular formula is C23H31N5O3S. The van der Waals surface area contributed by atoms with E-state index in [1.807, 2.05) is 40.7 Å². The Bertz CT molecular complexity index is 1140. The number of carbonyl (C=O) groups is 1. The van der Waals surface area contributed by atoms with Gasteiger partial charge in [0.15, 0.2) is 0 Å². The minimum Gasteiger partial charge on any atom is -0.311 e. The van der Waals surface area contributed by atoms with Gasteiger partial charge in [0.2, 0.25) is 15.9 Å². The Morgan fingerprint density at radius 1 is 1.12 bits per heavy atom. The van der Waals surface area contributed by atoms with E-state index in [9.17, 15) is 13.2 Å². The van der Waals surface area contributed by atoms with E-state index < -0.39 is 10.0 Å². The molecule has 1 aliphatic rings. The first-order valence-corrected chi connectivity index (χ1v) is 12.3. The highest BCUT2D eigenvalue weighted by molar-refractivity contribution is 7.89. The van der Waals surface area contributed by atoms with Crippen LogP contribution >= 0.6 is 0 Å². The third-order valence-corrected chi connectivity index (χ3v) is 8.48. The van der Waals surface area contributed by atoms with Crippen molar-refractivity contribution in [1.82, 2.24) is 14.1 Å². The fourth-order valence-corrected chi connectivity index (χ4v) is 6.30. The average molecular weight is 458 g/mol. The summed E-state index contributed by atoms with van der Waals surface area (Å²) in [6, 6.07) is 5.88. The molecule has 32 heavy (non-hydrogen) atoms. The third kappa shape index (κ3) is 4.71. The maximum absolute atomic E-state index is 13.4. The quantitative estimate of drug-likeness (QED) is 0.715. The van der Waals surface area contributed by atoms with Gasteiger partial charge in [-0.15, -0.1) is 0 Å². The van der Waals surface area contributed by atoms with Crippen molar-refractivity contribution in [3.05, 3.63) is 40.1 Å². The van der Waals surface area contributed by atoms with Crippen LogP contribution in [0.15, 0.2) is 17.0 Å². The van der Waals surface area contributed by atoms with Crippen LogP contribution in [-0.2, 0) is 21.4 Å². The minimum absolute atomic E-state index is 0.140. The fourth-order valence-electron chi connectivity index (χ4n) is 4.26. The molecule has 172 valence electrons. The molecule has 2 aromatic rings. The lowest BCUT2D eigenvalue weighted by molar-refractivity contribution is -0.121. The number of nitrogens with one attached hydrogen (secondary N) is 1. The molecule has 3 rings (SSSR count). The number of anilines is 1. The summed E-state index contributed by atoms with van der Waals surface area (Å²) in [5.41, 5.74) is 4.26. The summed E-state index contributed by atoms with van der Waals surface area (Å²) in [5, 5.41) is 16.0. The topological polar surface area (TPSA) is 108 Å². The minimum atomic E-state index is -3.63. The van der Waals surface area contributed by atoms with Gasteiger partial charge < -0.3 is 5.32 Å². The number of sulfonamides is 1. The number of rotatable bonds is 6. The Kier molecular flexibility index (Phi) is 7.06. The van der Waals surface area contributed by atoms with Crippen molar-refractivity contribution < 1.29 is 13.2 Å². The molecule has 1 aromatic heterocycles. The van der Waals surface area contributed by atoms with Gasteiger partial charge in [0.1, 0.15) is 5.82 Å². The highest BCUT2D eigenvalue weighted by Gasteiger charge is 2.34. The average Bonchev–Trinajstić information content (AvgIpc) is 3.09. The maximum atomic E-state index is 13.4. The molecule has 0 saturated carbocycles. The van der Waals surface area contributed by atoms with E-state index in [0.717, 1.165) is 27.9 Å². The molecule has 8 nitrogen and oxygen atoms in total. The van der Waals surface area contributed by atoms with Crippen LogP contribution in [0.1, 0.15) is 47.2 Å². The summed E-state index contributed by atoms with van der Waals surface area (Å²) in [6.07, 6.45) is 1.22. The van der Waals surface area contributed by atoms with Gasteiger partial charge in [-0.1, -0.05) is 6.07 Å². The van der Waals surface area contributed by atoms with Crippen LogP contribution in [0, 0.1) is 51.9 Å². The molecule has 2 heterocycles. The Morgan fingerprint density at radius 3 is 2.28 bits per heavy atom. The molecule has 0 aliphatic carbocycles. The number of aromatic nitrogens is 2. The second-order valence-corrected chi connectivity index (χ2v) is 10.4. The number of hydrogen-bond acceptors (Lipinski definition) is 5. The van der Waals surface area contributed by atoms with E-state index in [0.29, 0.717) is 49.6 Å². The van der Waals surface area contributed by atoms with Crippen molar-refractivity contribution in [3.8, 4) is 6.07 Å². The van der Waals surface area contributed by atoms with E-state index in [4.69, 9.17) is 5.26 Å². The van der Waals surface area contributed by atoms with Crippen LogP contribution in [0.4, 0.5) is 5.82 Å². The van der Waals surface area contributed by atoms with Gasteiger partial charge in [0.25, 0.3) is 0 Å². The van der Waals surface area contributed by atoms with E-state index in [-0.39, 0.29) is 11.8 Å². The summed E-state index contributed by atoms with van der Waals surface area (Å²) in [7, 11) is -3.63. The first-order valence-electron chi connectivity index (χ1n) is 10.9. The van der Waals surface area contributed by atoms with E-state index in [1.165, 1.54) is 4.31 Å². The van der Waals surface area contributed by atoms with E-state index in [2.05, 4.69) is 16.5 Å². The summed E-state index contributed by atoms with van der Waals surface area (Å²) in [6.45, 7) is 10.4. The van der Waals surface area contributed by atoms with Crippen molar-refractivity contribution in [3.63, 3.8) is 0 Å². The van der Waals surface area contributed by atoms with Crippen LogP contribution in [0.25, 0.3) is 0 Å². The van der Waals surface area contributed by atoms with Crippen molar-refractivity contribution in [1.29, 1.82) is 5.26 Å². The Morgan fingerprint density at radius 2 is 1.72 bits per heavy atom. The molecule has 9 heteroatoms. The highest BCUT2D eigenvalue weighted by Crippen LogP contribution is 2.31. The fraction of sp³-hybridized carbons (Fsp3) is 0.522. The van der Waals surface area contributed by atoms with Crippen molar-refractivity contribution >= 4 is 21.7 Å². The normalized spacial score (nSPS) is 15.5. The number of hydrogen-bond donors (Lipinski definition) is 1. The lowest BCUT2D eigenvalue weighted by atomic mass is 9.97. The molecule has 1 saturated heterocycles. The lowest BCUT2D eigenvalue weighted by Gasteiger charge is -2.31. The summed E-state index contributed by atoms with van der Waals surface area (Å²) in [4.78, 5) is 13.2. The maximum Gasteiger partial charge on any atom is 0.243 e. The number of piperidine rings is 1. The number of carbonyl (C=O) groups excluding carboxylic acids is 1. The monoisotopic (exact) mass is 457 g/mol. The molecule has 0 radical (unpaired) electrons. The van der Waals surface area contributed by atoms with Gasteiger partial charge in [0, 0.05) is 25.1 Å². The van der Waals surface area contributed by atoms with Crippen LogP contribution in [-0.4, -0.2) is 41.5 Å². The SMILES string of the molecule is Cc1cc(NC(=O)C2CCN(S(=O)(=O)c3c(C)c(C)cc(C)c3C)CC2)n(CCC#N)n1. The second-order valence-electron chi connectivity index (χ2n) is 8.56. The zero-order valence-electron chi connectivity index (χ0n) is 19.4. The first-order chi connectivity index (χ1) is 15.1. The Hall–Kier alpha value is -2.70. The predicted molar refractivity (Wildman–Crippen MR) is 123 cm³/mol. The summed E-state index contributed by atoms with van der Waals surface area (Å²) in [5.74, 6) is 0.153. The Labute approximate surface area is 190 Å². The molecule has 1 aromatic carbocycles. The van der Waals surface area contributed by atoms with Gasteiger partial charge in [-0.05, 0) is 69.7 Å². The third-order valence-electron chi connectivity index (χ3n) is 6.31. The highest BCUT2D eigenvalue weighted by atomic mass is 32.2. The zero-order chi connectivity index (χ0) is 23.6. The van der Waals surface area contributed by atoms with Gasteiger partial charge in [-0.2, -0.15) is 14.7 Å². The van der Waals surface area contributed by atoms with E-state index in [1.54, 1.807) is 10.7 Å². The standard InChI is InChI=1S/C23H31N5O3S/c1-15-13-16(2)19(5)22(18(15)4)32(30,31)27-11-7-20(8-12-27)23(29)25-21-14-17(3)26-28(21)10-6-9-24/h13-14,20H,6-8,10-12H2,1-5H3,(H,25,29). The molecule has 1 N–H and O–H groups in total. The molecule has 1 aliphatic heterocycles. The van der Waals surface area contributed by atoms with Crippen molar-refractivity contribution in [2.24, 2.45) is 5.92 Å². The number of nitriles is 1. The Balaban J connectivity index is 1.71. The van der Waals surface area contributed by atoms with E-state index >= 15 is 0 Å². The van der Waals surface area contributed by atoms with Gasteiger partial charge in [-0.3, -0.25) is 4.79 Å². The van der Waals surface area contributed by atoms with Crippen LogP contribution in [0.5, 0.6) is 0 Å². The molecule has 0 spiro atoms.